The maximum absolute atomic E-state index is 12.1. The van der Waals surface area contributed by atoms with Crippen molar-refractivity contribution in [2.45, 2.75) is 19.3 Å². The van der Waals surface area contributed by atoms with Gasteiger partial charge in [-0.2, -0.15) is 0 Å². The Morgan fingerprint density at radius 3 is 2.44 bits per heavy atom. The summed E-state index contributed by atoms with van der Waals surface area (Å²) >= 11 is 2.66. The molecule has 0 unspecified atom stereocenters. The van der Waals surface area contributed by atoms with Crippen molar-refractivity contribution in [3.05, 3.63) is 51.2 Å². The van der Waals surface area contributed by atoms with Crippen molar-refractivity contribution in [3.63, 3.8) is 0 Å². The summed E-state index contributed by atoms with van der Waals surface area (Å²) in [7, 11) is 3.60. The molecule has 1 aromatic carbocycles. The van der Waals surface area contributed by atoms with E-state index in [4.69, 9.17) is 0 Å². The zero-order valence-electron chi connectivity index (χ0n) is 14.5. The molecule has 0 bridgehead atoms. The Morgan fingerprint density at radius 1 is 1.04 bits per heavy atom. The fraction of sp³-hybridized carbons (Fsp3) is 0.263. The van der Waals surface area contributed by atoms with E-state index < -0.39 is 0 Å². The quantitative estimate of drug-likeness (QED) is 0.675. The molecule has 2 amide bonds. The van der Waals surface area contributed by atoms with Gasteiger partial charge in [0, 0.05) is 30.1 Å². The molecule has 3 heterocycles. The molecule has 25 heavy (non-hydrogen) atoms. The summed E-state index contributed by atoms with van der Waals surface area (Å²) in [5.74, 6) is -0.225. The molecule has 2 aromatic rings. The number of amides is 2. The number of carbonyl (C=O) groups is 2. The fourth-order valence-corrected chi connectivity index (χ4v) is 5.52. The lowest BCUT2D eigenvalue weighted by atomic mass is 9.75. The van der Waals surface area contributed by atoms with Crippen LogP contribution in [0, 0.1) is 0 Å². The third-order valence-corrected chi connectivity index (χ3v) is 7.03. The second-order valence-corrected chi connectivity index (χ2v) is 8.86. The predicted octanol–water partition coefficient (Wildman–Crippen LogP) is 4.82. The summed E-state index contributed by atoms with van der Waals surface area (Å²) < 4.78 is 0. The molecule has 2 aliphatic rings. The number of thiophene rings is 1. The Kier molecular flexibility index (Phi) is 3.60. The predicted molar refractivity (Wildman–Crippen MR) is 105 cm³/mol. The van der Waals surface area contributed by atoms with E-state index in [1.54, 1.807) is 11.3 Å². The lowest BCUT2D eigenvalue weighted by molar-refractivity contribution is -0.121. The summed E-state index contributed by atoms with van der Waals surface area (Å²) in [5, 5.41) is 0.966. The van der Waals surface area contributed by atoms with Crippen molar-refractivity contribution in [3.8, 4) is 0 Å². The molecule has 4 rings (SSSR count). The summed E-state index contributed by atoms with van der Waals surface area (Å²) in [6.07, 6.45) is 1.84. The van der Waals surface area contributed by atoms with Crippen LogP contribution in [0.25, 0.3) is 6.08 Å². The Balaban J connectivity index is 1.81. The minimum absolute atomic E-state index is 0.106. The van der Waals surface area contributed by atoms with Gasteiger partial charge in [0.1, 0.15) is 0 Å². The van der Waals surface area contributed by atoms with Crippen molar-refractivity contribution in [2.24, 2.45) is 0 Å². The van der Waals surface area contributed by atoms with E-state index in [0.29, 0.717) is 4.91 Å². The van der Waals surface area contributed by atoms with Crippen LogP contribution in [0.5, 0.6) is 0 Å². The number of hydrogen-bond acceptors (Lipinski definition) is 5. The first-order chi connectivity index (χ1) is 11.8. The van der Waals surface area contributed by atoms with Crippen LogP contribution in [0.2, 0.25) is 0 Å². The molecule has 0 saturated carbocycles. The zero-order chi connectivity index (χ0) is 17.9. The van der Waals surface area contributed by atoms with Gasteiger partial charge in [-0.1, -0.05) is 32.0 Å². The first kappa shape index (κ1) is 16.4. The van der Waals surface area contributed by atoms with Gasteiger partial charge in [-0.3, -0.25) is 14.5 Å². The molecule has 6 heteroatoms. The van der Waals surface area contributed by atoms with Gasteiger partial charge in [0.05, 0.1) is 9.91 Å². The van der Waals surface area contributed by atoms with E-state index in [2.05, 4.69) is 56.1 Å². The van der Waals surface area contributed by atoms with Crippen LogP contribution in [0.3, 0.4) is 0 Å². The maximum atomic E-state index is 12.1. The SMILES string of the molecule is CN1C(=O)S/C(=C\c2cc3c(s2)N(C)c2ccccc2C3(C)C)C1=O. The third kappa shape index (κ3) is 2.35. The molecule has 0 N–H and O–H groups in total. The molecule has 0 aliphatic carbocycles. The van der Waals surface area contributed by atoms with E-state index in [1.807, 2.05) is 6.08 Å². The molecular formula is C19H18N2O2S2. The van der Waals surface area contributed by atoms with Crippen LogP contribution in [0.15, 0.2) is 35.2 Å². The fourth-order valence-electron chi connectivity index (χ4n) is 3.39. The highest BCUT2D eigenvalue weighted by Crippen LogP contribution is 2.52. The summed E-state index contributed by atoms with van der Waals surface area (Å²) in [6.45, 7) is 4.46. The van der Waals surface area contributed by atoms with Crippen LogP contribution in [-0.4, -0.2) is 30.1 Å². The van der Waals surface area contributed by atoms with Crippen molar-refractivity contribution in [2.75, 3.05) is 19.0 Å². The third-order valence-electron chi connectivity index (χ3n) is 4.91. The van der Waals surface area contributed by atoms with Crippen molar-refractivity contribution < 1.29 is 9.59 Å². The second-order valence-electron chi connectivity index (χ2n) is 6.81. The minimum atomic E-state index is -0.225. The molecular weight excluding hydrogens is 352 g/mol. The molecule has 1 saturated heterocycles. The number of nitrogens with zero attached hydrogens (tertiary/aromatic N) is 2. The normalized spacial score (nSPS) is 20.2. The van der Waals surface area contributed by atoms with Gasteiger partial charge in [-0.15, -0.1) is 11.3 Å². The van der Waals surface area contributed by atoms with Crippen LogP contribution in [0.4, 0.5) is 15.5 Å². The highest BCUT2D eigenvalue weighted by Gasteiger charge is 2.37. The van der Waals surface area contributed by atoms with Crippen LogP contribution in [0.1, 0.15) is 29.9 Å². The van der Waals surface area contributed by atoms with Crippen LogP contribution < -0.4 is 4.90 Å². The van der Waals surface area contributed by atoms with Gasteiger partial charge < -0.3 is 4.90 Å². The monoisotopic (exact) mass is 370 g/mol. The van der Waals surface area contributed by atoms with Gasteiger partial charge in [0.25, 0.3) is 11.1 Å². The van der Waals surface area contributed by atoms with Crippen molar-refractivity contribution >= 4 is 51.0 Å². The number of hydrogen-bond donors (Lipinski definition) is 0. The molecule has 0 atom stereocenters. The number of likely N-dealkylation sites (N-methyl/N-ethyl adjacent to an activating group) is 1. The Hall–Kier alpha value is -2.05. The van der Waals surface area contributed by atoms with Gasteiger partial charge in [-0.05, 0) is 41.1 Å². The number of benzene rings is 1. The number of rotatable bonds is 1. The molecule has 1 aromatic heterocycles. The van der Waals surface area contributed by atoms with Gasteiger partial charge >= 0.3 is 0 Å². The number of thioether (sulfide) groups is 1. The topological polar surface area (TPSA) is 40.6 Å². The van der Waals surface area contributed by atoms with Crippen LogP contribution >= 0.6 is 23.1 Å². The summed E-state index contributed by atoms with van der Waals surface area (Å²) in [4.78, 5) is 28.7. The van der Waals surface area contributed by atoms with Crippen LogP contribution in [-0.2, 0) is 10.2 Å². The van der Waals surface area contributed by atoms with E-state index in [-0.39, 0.29) is 16.6 Å². The molecule has 0 spiro atoms. The van der Waals surface area contributed by atoms with Gasteiger partial charge in [0.2, 0.25) is 0 Å². The Bertz CT molecular complexity index is 943. The van der Waals surface area contributed by atoms with E-state index in [9.17, 15) is 9.59 Å². The van der Waals surface area contributed by atoms with Crippen molar-refractivity contribution in [1.82, 2.24) is 4.90 Å². The molecule has 4 nitrogen and oxygen atoms in total. The van der Waals surface area contributed by atoms with E-state index >= 15 is 0 Å². The minimum Gasteiger partial charge on any atom is -0.336 e. The summed E-state index contributed by atoms with van der Waals surface area (Å²) in [6, 6.07) is 10.6. The largest absolute Gasteiger partial charge is 0.336 e. The first-order valence-corrected chi connectivity index (χ1v) is 9.63. The number of para-hydroxylation sites is 1. The van der Waals surface area contributed by atoms with Gasteiger partial charge in [-0.25, -0.2) is 0 Å². The van der Waals surface area contributed by atoms with E-state index in [0.717, 1.165) is 21.5 Å². The average molecular weight is 370 g/mol. The second kappa shape index (κ2) is 5.47. The number of anilines is 2. The highest BCUT2D eigenvalue weighted by molar-refractivity contribution is 8.18. The molecule has 0 radical (unpaired) electrons. The molecule has 1 fully saturated rings. The first-order valence-electron chi connectivity index (χ1n) is 8.00. The lowest BCUT2D eigenvalue weighted by Gasteiger charge is -2.38. The lowest BCUT2D eigenvalue weighted by Crippen LogP contribution is -2.29. The van der Waals surface area contributed by atoms with E-state index in [1.165, 1.54) is 28.9 Å². The molecule has 128 valence electrons. The number of imide groups is 1. The van der Waals surface area contributed by atoms with Crippen molar-refractivity contribution in [1.29, 1.82) is 0 Å². The number of carbonyl (C=O) groups excluding carboxylic acids is 2. The van der Waals surface area contributed by atoms with Gasteiger partial charge in [0.15, 0.2) is 0 Å². The smallest absolute Gasteiger partial charge is 0.293 e. The Labute approximate surface area is 155 Å². The maximum Gasteiger partial charge on any atom is 0.293 e. The Morgan fingerprint density at radius 2 is 1.76 bits per heavy atom. The molecule has 2 aliphatic heterocycles. The highest BCUT2D eigenvalue weighted by atomic mass is 32.2. The number of fused-ring (bicyclic) bond motifs is 2. The zero-order valence-corrected chi connectivity index (χ0v) is 16.1. The average Bonchev–Trinajstić information content (AvgIpc) is 3.12. The standard InChI is InChI=1S/C19H18N2O2S2/c1-19(2)12-7-5-6-8-14(12)20(3)17-13(19)9-11(24-17)10-15-16(22)21(4)18(23)25-15/h5-10H,1-4H3/b15-10-. The summed E-state index contributed by atoms with van der Waals surface area (Å²) in [5.41, 5.74) is 3.65.